The fraction of sp³-hybridized carbons (Fsp3) is 0.185. The average molecular weight is 351 g/mol. The molecule has 1 unspecified atom stereocenters. The molecule has 0 aromatic heterocycles. The van der Waals surface area contributed by atoms with Gasteiger partial charge in [-0.15, -0.1) is 0 Å². The topological polar surface area (TPSA) is 0 Å². The molecule has 0 amide bonds. The molecule has 4 rings (SSSR count). The molecule has 0 bridgehead atoms. The molecule has 0 saturated carbocycles. The van der Waals surface area contributed by atoms with Crippen LogP contribution in [-0.2, 0) is 0 Å². The van der Waals surface area contributed by atoms with Crippen molar-refractivity contribution in [2.24, 2.45) is 5.92 Å². The van der Waals surface area contributed by atoms with E-state index < -0.39 is 0 Å². The molecule has 0 fully saturated rings. The van der Waals surface area contributed by atoms with Crippen LogP contribution < -0.4 is 0 Å². The third-order valence-electron chi connectivity index (χ3n) is 5.24. The first-order valence-electron chi connectivity index (χ1n) is 9.76. The summed E-state index contributed by atoms with van der Waals surface area (Å²) in [5, 5.41) is 0. The first-order chi connectivity index (χ1) is 13.1. The summed E-state index contributed by atoms with van der Waals surface area (Å²) in [6.07, 6.45) is 8.09. The SMILES string of the molecule is Cc1cc(C)cc(-c2cc(C3=CCC(C)C=C3)cc(-c3ccccc3)c2)c1. The summed E-state index contributed by atoms with van der Waals surface area (Å²) in [7, 11) is 0. The van der Waals surface area contributed by atoms with Crippen molar-refractivity contribution in [2.45, 2.75) is 27.2 Å². The summed E-state index contributed by atoms with van der Waals surface area (Å²) < 4.78 is 0. The molecule has 1 aliphatic rings. The predicted octanol–water partition coefficient (Wildman–Crippen LogP) is 7.62. The second kappa shape index (κ2) is 7.40. The molecule has 3 aromatic rings. The number of benzene rings is 3. The molecule has 134 valence electrons. The molecule has 0 heteroatoms. The van der Waals surface area contributed by atoms with Gasteiger partial charge in [0, 0.05) is 0 Å². The maximum absolute atomic E-state index is 2.38. The lowest BCUT2D eigenvalue weighted by Crippen LogP contribution is -1.95. The summed E-state index contributed by atoms with van der Waals surface area (Å²) in [4.78, 5) is 0. The molecule has 0 radical (unpaired) electrons. The van der Waals surface area contributed by atoms with E-state index in [0.29, 0.717) is 5.92 Å². The average Bonchev–Trinajstić information content (AvgIpc) is 2.68. The second-order valence-corrected chi connectivity index (χ2v) is 7.77. The minimum atomic E-state index is 0.630. The van der Waals surface area contributed by atoms with Gasteiger partial charge in [-0.3, -0.25) is 0 Å². The molecular weight excluding hydrogens is 324 g/mol. The summed E-state index contributed by atoms with van der Waals surface area (Å²) in [6.45, 7) is 6.61. The van der Waals surface area contributed by atoms with Crippen LogP contribution in [-0.4, -0.2) is 0 Å². The third-order valence-corrected chi connectivity index (χ3v) is 5.24. The lowest BCUT2D eigenvalue weighted by Gasteiger charge is -2.16. The van der Waals surface area contributed by atoms with E-state index in [9.17, 15) is 0 Å². The van der Waals surface area contributed by atoms with Crippen LogP contribution in [0.4, 0.5) is 0 Å². The summed E-state index contributed by atoms with van der Waals surface area (Å²) in [5.41, 5.74) is 10.4. The predicted molar refractivity (Wildman–Crippen MR) is 118 cm³/mol. The highest BCUT2D eigenvalue weighted by molar-refractivity contribution is 5.83. The van der Waals surface area contributed by atoms with Gasteiger partial charge in [0.05, 0.1) is 0 Å². The maximum atomic E-state index is 2.38. The Morgan fingerprint density at radius 2 is 1.26 bits per heavy atom. The standard InChI is InChI=1S/C27H26/c1-19-9-11-23(12-10-19)26-16-25(22-7-5-4-6-8-22)17-27(18-26)24-14-20(2)13-21(3)15-24/h4-9,11-19H,10H2,1-3H3. The van der Waals surface area contributed by atoms with Gasteiger partial charge in [0.2, 0.25) is 0 Å². The highest BCUT2D eigenvalue weighted by Crippen LogP contribution is 2.33. The van der Waals surface area contributed by atoms with Crippen LogP contribution in [0.3, 0.4) is 0 Å². The van der Waals surface area contributed by atoms with Crippen LogP contribution in [0.15, 0.2) is 85.0 Å². The van der Waals surface area contributed by atoms with E-state index in [-0.39, 0.29) is 0 Å². The quantitative estimate of drug-likeness (QED) is 0.456. The Kier molecular flexibility index (Phi) is 4.81. The van der Waals surface area contributed by atoms with Crippen molar-refractivity contribution >= 4 is 5.57 Å². The molecule has 1 aliphatic carbocycles. The molecule has 0 spiro atoms. The smallest absolute Gasteiger partial charge is 0.0171 e. The summed E-state index contributed by atoms with van der Waals surface area (Å²) >= 11 is 0. The zero-order valence-corrected chi connectivity index (χ0v) is 16.4. The Balaban J connectivity index is 1.88. The zero-order valence-electron chi connectivity index (χ0n) is 16.4. The Morgan fingerprint density at radius 3 is 1.89 bits per heavy atom. The number of hydrogen-bond donors (Lipinski definition) is 0. The van der Waals surface area contributed by atoms with Gasteiger partial charge in [0.1, 0.15) is 0 Å². The minimum Gasteiger partial charge on any atom is -0.0808 e. The number of hydrogen-bond acceptors (Lipinski definition) is 0. The first-order valence-corrected chi connectivity index (χ1v) is 9.76. The van der Waals surface area contributed by atoms with E-state index in [1.54, 1.807) is 0 Å². The lowest BCUT2D eigenvalue weighted by molar-refractivity contribution is 0.739. The zero-order chi connectivity index (χ0) is 18.8. The number of allylic oxidation sites excluding steroid dienone is 4. The molecule has 1 atom stereocenters. The van der Waals surface area contributed by atoms with Gasteiger partial charge in [-0.2, -0.15) is 0 Å². The fourth-order valence-corrected chi connectivity index (χ4v) is 3.84. The van der Waals surface area contributed by atoms with Crippen molar-refractivity contribution in [3.63, 3.8) is 0 Å². The number of rotatable bonds is 3. The first kappa shape index (κ1) is 17.5. The van der Waals surface area contributed by atoms with Gasteiger partial charge in [0.15, 0.2) is 0 Å². The van der Waals surface area contributed by atoms with Gasteiger partial charge in [-0.25, -0.2) is 0 Å². The van der Waals surface area contributed by atoms with Gasteiger partial charge in [-0.05, 0) is 77.8 Å². The second-order valence-electron chi connectivity index (χ2n) is 7.77. The van der Waals surface area contributed by atoms with Crippen LogP contribution in [0.2, 0.25) is 0 Å². The highest BCUT2D eigenvalue weighted by Gasteiger charge is 2.11. The fourth-order valence-electron chi connectivity index (χ4n) is 3.84. The Bertz CT molecular complexity index is 999. The molecule has 3 aromatic carbocycles. The number of aryl methyl sites for hydroxylation is 2. The van der Waals surface area contributed by atoms with E-state index in [0.717, 1.165) is 6.42 Å². The molecular formula is C27H26. The summed E-state index contributed by atoms with van der Waals surface area (Å²) in [5.74, 6) is 0.630. The van der Waals surface area contributed by atoms with Crippen molar-refractivity contribution in [2.75, 3.05) is 0 Å². The van der Waals surface area contributed by atoms with Crippen LogP contribution in [0.25, 0.3) is 27.8 Å². The van der Waals surface area contributed by atoms with Crippen LogP contribution >= 0.6 is 0 Å². The monoisotopic (exact) mass is 350 g/mol. The Morgan fingerprint density at radius 1 is 0.667 bits per heavy atom. The van der Waals surface area contributed by atoms with E-state index in [2.05, 4.69) is 106 Å². The van der Waals surface area contributed by atoms with Crippen molar-refractivity contribution < 1.29 is 0 Å². The highest BCUT2D eigenvalue weighted by atomic mass is 14.2. The molecule has 0 N–H and O–H groups in total. The lowest BCUT2D eigenvalue weighted by atomic mass is 9.89. The van der Waals surface area contributed by atoms with Gasteiger partial charge >= 0.3 is 0 Å². The molecule has 0 nitrogen and oxygen atoms in total. The molecule has 0 saturated heterocycles. The van der Waals surface area contributed by atoms with E-state index in [1.165, 1.54) is 44.5 Å². The normalized spacial score (nSPS) is 16.3. The van der Waals surface area contributed by atoms with E-state index >= 15 is 0 Å². The van der Waals surface area contributed by atoms with Crippen LogP contribution in [0.5, 0.6) is 0 Å². The van der Waals surface area contributed by atoms with Crippen LogP contribution in [0.1, 0.15) is 30.0 Å². The van der Waals surface area contributed by atoms with E-state index in [1.807, 2.05) is 0 Å². The van der Waals surface area contributed by atoms with Crippen molar-refractivity contribution in [3.05, 3.63) is 102 Å². The van der Waals surface area contributed by atoms with Crippen molar-refractivity contribution in [1.29, 1.82) is 0 Å². The largest absolute Gasteiger partial charge is 0.0808 e. The Hall–Kier alpha value is -2.86. The minimum absolute atomic E-state index is 0.630. The molecule has 0 heterocycles. The molecule has 0 aliphatic heterocycles. The van der Waals surface area contributed by atoms with Crippen molar-refractivity contribution in [1.82, 2.24) is 0 Å². The molecule has 27 heavy (non-hydrogen) atoms. The van der Waals surface area contributed by atoms with Crippen LogP contribution in [0, 0.1) is 19.8 Å². The summed E-state index contributed by atoms with van der Waals surface area (Å²) in [6, 6.07) is 24.5. The van der Waals surface area contributed by atoms with Gasteiger partial charge in [0.25, 0.3) is 0 Å². The van der Waals surface area contributed by atoms with Gasteiger partial charge < -0.3 is 0 Å². The van der Waals surface area contributed by atoms with Gasteiger partial charge in [-0.1, -0.05) is 84.8 Å². The third kappa shape index (κ3) is 3.95. The van der Waals surface area contributed by atoms with E-state index in [4.69, 9.17) is 0 Å². The Labute approximate surface area is 162 Å². The van der Waals surface area contributed by atoms with Crippen molar-refractivity contribution in [3.8, 4) is 22.3 Å². The maximum Gasteiger partial charge on any atom is -0.0171 e.